The summed E-state index contributed by atoms with van der Waals surface area (Å²) in [7, 11) is 0. The molecule has 0 bridgehead atoms. The van der Waals surface area contributed by atoms with E-state index in [0.717, 1.165) is 16.5 Å². The Hall–Kier alpha value is -1.34. The van der Waals surface area contributed by atoms with Crippen LogP contribution in [0.25, 0.3) is 0 Å². The first kappa shape index (κ1) is 14.7. The maximum absolute atomic E-state index is 12.0. The number of rotatable bonds is 5. The van der Waals surface area contributed by atoms with Gasteiger partial charge in [-0.05, 0) is 31.4 Å². The van der Waals surface area contributed by atoms with Gasteiger partial charge in [0.05, 0.1) is 6.07 Å². The van der Waals surface area contributed by atoms with E-state index in [1.165, 1.54) is 0 Å². The van der Waals surface area contributed by atoms with Crippen molar-refractivity contribution < 1.29 is 4.79 Å². The van der Waals surface area contributed by atoms with E-state index in [1.807, 2.05) is 37.3 Å². The molecule has 0 fully saturated rings. The van der Waals surface area contributed by atoms with Gasteiger partial charge in [-0.15, -0.1) is 0 Å². The van der Waals surface area contributed by atoms with Gasteiger partial charge in [0.25, 0.3) is 0 Å². The van der Waals surface area contributed by atoms with Crippen molar-refractivity contribution in [1.29, 1.82) is 5.26 Å². The van der Waals surface area contributed by atoms with Crippen LogP contribution in [0.4, 0.5) is 0 Å². The molecule has 0 aliphatic carbocycles. The summed E-state index contributed by atoms with van der Waals surface area (Å²) in [6.45, 7) is 3.67. The molecule has 0 radical (unpaired) electrons. The van der Waals surface area contributed by atoms with E-state index < -0.39 is 6.04 Å². The number of hydrogen-bond donors (Lipinski definition) is 1. The summed E-state index contributed by atoms with van der Waals surface area (Å²) in [6.07, 6.45) is 1.44. The number of carbonyl (C=O) groups is 1. The van der Waals surface area contributed by atoms with Crippen molar-refractivity contribution in [3.8, 4) is 6.07 Å². The Bertz CT molecular complexity index is 453. The first-order valence-electron chi connectivity index (χ1n) is 6.01. The number of hydrogen-bond acceptors (Lipinski definition) is 2. The molecule has 3 nitrogen and oxygen atoms in total. The van der Waals surface area contributed by atoms with Crippen molar-refractivity contribution in [2.45, 2.75) is 32.7 Å². The molecule has 0 aliphatic rings. The zero-order chi connectivity index (χ0) is 13.5. The van der Waals surface area contributed by atoms with Crippen molar-refractivity contribution in [2.75, 3.05) is 0 Å². The highest BCUT2D eigenvalue weighted by molar-refractivity contribution is 9.10. The summed E-state index contributed by atoms with van der Waals surface area (Å²) in [5.74, 6) is -0.151. The van der Waals surface area contributed by atoms with Gasteiger partial charge in [-0.2, -0.15) is 5.26 Å². The lowest BCUT2D eigenvalue weighted by Gasteiger charge is -2.16. The summed E-state index contributed by atoms with van der Waals surface area (Å²) < 4.78 is 1.02. The van der Waals surface area contributed by atoms with Crippen molar-refractivity contribution >= 4 is 21.8 Å². The lowest BCUT2D eigenvalue weighted by Crippen LogP contribution is -2.37. The normalized spacial score (nSPS) is 13.4. The van der Waals surface area contributed by atoms with E-state index in [2.05, 4.69) is 21.2 Å². The zero-order valence-corrected chi connectivity index (χ0v) is 12.2. The molecule has 0 saturated heterocycles. The van der Waals surface area contributed by atoms with Gasteiger partial charge in [0.2, 0.25) is 5.91 Å². The second-order valence-corrected chi connectivity index (χ2v) is 5.11. The zero-order valence-electron chi connectivity index (χ0n) is 10.6. The second-order valence-electron chi connectivity index (χ2n) is 4.26. The summed E-state index contributed by atoms with van der Waals surface area (Å²) in [4.78, 5) is 12.0. The molecular formula is C14H17BrN2O. The number of nitriles is 1. The van der Waals surface area contributed by atoms with Gasteiger partial charge in [0, 0.05) is 10.4 Å². The Labute approximate surface area is 116 Å². The maximum atomic E-state index is 12.0. The predicted molar refractivity (Wildman–Crippen MR) is 74.8 cm³/mol. The minimum atomic E-state index is -0.439. The molecule has 0 aliphatic heterocycles. The third-order valence-corrected chi connectivity index (χ3v) is 3.61. The highest BCUT2D eigenvalue weighted by atomic mass is 79.9. The average Bonchev–Trinajstić information content (AvgIpc) is 2.37. The van der Waals surface area contributed by atoms with Gasteiger partial charge in [-0.1, -0.05) is 41.1 Å². The van der Waals surface area contributed by atoms with E-state index in [1.54, 1.807) is 6.92 Å². The fraction of sp³-hybridized carbons (Fsp3) is 0.429. The van der Waals surface area contributed by atoms with E-state index in [0.29, 0.717) is 6.42 Å². The molecule has 0 heterocycles. The highest BCUT2D eigenvalue weighted by Crippen LogP contribution is 2.21. The largest absolute Gasteiger partial charge is 0.340 e. The van der Waals surface area contributed by atoms with Crippen LogP contribution in [0, 0.1) is 17.2 Å². The van der Waals surface area contributed by atoms with Crippen LogP contribution in [-0.4, -0.2) is 11.9 Å². The van der Waals surface area contributed by atoms with Crippen LogP contribution in [-0.2, 0) is 11.2 Å². The SMILES string of the molecule is CC[C@H](Cc1ccccc1Br)C(=O)N[C@@H](C)C#N. The molecule has 4 heteroatoms. The summed E-state index contributed by atoms with van der Waals surface area (Å²) >= 11 is 3.48. The summed E-state index contributed by atoms with van der Waals surface area (Å²) in [5, 5.41) is 11.4. The monoisotopic (exact) mass is 308 g/mol. The van der Waals surface area contributed by atoms with Crippen molar-refractivity contribution in [3.63, 3.8) is 0 Å². The lowest BCUT2D eigenvalue weighted by molar-refractivity contribution is -0.125. The number of benzene rings is 1. The minimum absolute atomic E-state index is 0.0534. The average molecular weight is 309 g/mol. The van der Waals surface area contributed by atoms with E-state index in [-0.39, 0.29) is 11.8 Å². The topological polar surface area (TPSA) is 52.9 Å². The molecule has 1 amide bonds. The second kappa shape index (κ2) is 7.17. The molecule has 96 valence electrons. The third kappa shape index (κ3) is 4.15. The highest BCUT2D eigenvalue weighted by Gasteiger charge is 2.19. The Morgan fingerprint density at radius 1 is 1.50 bits per heavy atom. The Kier molecular flexibility index (Phi) is 5.87. The van der Waals surface area contributed by atoms with Gasteiger partial charge in [0.1, 0.15) is 6.04 Å². The number of halogens is 1. The lowest BCUT2D eigenvalue weighted by atomic mass is 9.96. The predicted octanol–water partition coefficient (Wildman–Crippen LogP) is 3.05. The molecule has 0 saturated carbocycles. The fourth-order valence-electron chi connectivity index (χ4n) is 1.72. The van der Waals surface area contributed by atoms with E-state index >= 15 is 0 Å². The summed E-state index contributed by atoms with van der Waals surface area (Å²) in [5.41, 5.74) is 1.11. The molecule has 0 spiro atoms. The molecule has 1 aromatic rings. The van der Waals surface area contributed by atoms with Gasteiger partial charge in [0.15, 0.2) is 0 Å². The first-order chi connectivity index (χ1) is 8.58. The van der Waals surface area contributed by atoms with Gasteiger partial charge < -0.3 is 5.32 Å². The minimum Gasteiger partial charge on any atom is -0.340 e. The quantitative estimate of drug-likeness (QED) is 0.909. The Balaban J connectivity index is 2.71. The molecule has 2 atom stereocenters. The molecule has 1 N–H and O–H groups in total. The summed E-state index contributed by atoms with van der Waals surface area (Å²) in [6, 6.07) is 9.46. The van der Waals surface area contributed by atoms with E-state index in [4.69, 9.17) is 5.26 Å². The molecule has 0 aromatic heterocycles. The fourth-order valence-corrected chi connectivity index (χ4v) is 2.16. The first-order valence-corrected chi connectivity index (χ1v) is 6.81. The molecule has 18 heavy (non-hydrogen) atoms. The van der Waals surface area contributed by atoms with E-state index in [9.17, 15) is 4.79 Å². The van der Waals surface area contributed by atoms with Gasteiger partial charge in [-0.25, -0.2) is 0 Å². The van der Waals surface area contributed by atoms with Crippen molar-refractivity contribution in [1.82, 2.24) is 5.32 Å². The van der Waals surface area contributed by atoms with Gasteiger partial charge >= 0.3 is 0 Å². The number of nitrogens with one attached hydrogen (secondary N) is 1. The number of nitrogens with zero attached hydrogens (tertiary/aromatic N) is 1. The van der Waals surface area contributed by atoms with Crippen LogP contribution in [0.3, 0.4) is 0 Å². The maximum Gasteiger partial charge on any atom is 0.224 e. The molecule has 1 aromatic carbocycles. The number of carbonyl (C=O) groups excluding carboxylic acids is 1. The Morgan fingerprint density at radius 2 is 2.17 bits per heavy atom. The van der Waals surface area contributed by atoms with Crippen LogP contribution in [0.15, 0.2) is 28.7 Å². The van der Waals surface area contributed by atoms with Crippen LogP contribution in [0.2, 0.25) is 0 Å². The van der Waals surface area contributed by atoms with Crippen molar-refractivity contribution in [2.24, 2.45) is 5.92 Å². The number of amides is 1. The molecule has 0 unspecified atom stereocenters. The molecule has 1 rings (SSSR count). The third-order valence-electron chi connectivity index (χ3n) is 2.84. The van der Waals surface area contributed by atoms with Crippen molar-refractivity contribution in [3.05, 3.63) is 34.3 Å². The van der Waals surface area contributed by atoms with Gasteiger partial charge in [-0.3, -0.25) is 4.79 Å². The standard InChI is InChI=1S/C14H17BrN2O/c1-3-11(14(18)17-10(2)9-16)8-12-6-4-5-7-13(12)15/h4-7,10-11H,3,8H2,1-2H3,(H,17,18)/t10-,11+/m0/s1. The van der Waals surface area contributed by atoms with Crippen LogP contribution < -0.4 is 5.32 Å². The smallest absolute Gasteiger partial charge is 0.224 e. The Morgan fingerprint density at radius 3 is 2.72 bits per heavy atom. The molecular weight excluding hydrogens is 292 g/mol. The van der Waals surface area contributed by atoms with Crippen LogP contribution in [0.5, 0.6) is 0 Å². The van der Waals surface area contributed by atoms with Crippen LogP contribution in [0.1, 0.15) is 25.8 Å². The van der Waals surface area contributed by atoms with Crippen LogP contribution >= 0.6 is 15.9 Å².